The summed E-state index contributed by atoms with van der Waals surface area (Å²) in [5.41, 5.74) is 0. The van der Waals surface area contributed by atoms with Crippen molar-refractivity contribution in [1.29, 1.82) is 0 Å². The minimum atomic E-state index is 0.500. The highest BCUT2D eigenvalue weighted by molar-refractivity contribution is 4.91. The van der Waals surface area contributed by atoms with E-state index in [0.717, 1.165) is 18.6 Å². The molecule has 0 radical (unpaired) electrons. The van der Waals surface area contributed by atoms with E-state index in [1.54, 1.807) is 0 Å². The number of hydrogen-bond donors (Lipinski definition) is 1. The van der Waals surface area contributed by atoms with Gasteiger partial charge in [-0.1, -0.05) is 26.2 Å². The first-order chi connectivity index (χ1) is 10.4. The predicted molar refractivity (Wildman–Crippen MR) is 87.6 cm³/mol. The molecule has 0 aromatic heterocycles. The smallest absolute Gasteiger partial charge is 0.0702 e. The van der Waals surface area contributed by atoms with Crippen molar-refractivity contribution < 1.29 is 4.74 Å². The van der Waals surface area contributed by atoms with Crippen molar-refractivity contribution in [3.8, 4) is 0 Å². The molecule has 3 atom stereocenters. The normalized spacial score (nSPS) is 36.7. The van der Waals surface area contributed by atoms with Gasteiger partial charge in [-0.15, -0.1) is 0 Å². The van der Waals surface area contributed by atoms with Crippen molar-refractivity contribution >= 4 is 0 Å². The zero-order valence-corrected chi connectivity index (χ0v) is 13.9. The number of rotatable bonds is 4. The molecule has 3 fully saturated rings. The second kappa shape index (κ2) is 7.94. The molecule has 0 spiro atoms. The average molecular weight is 294 g/mol. The van der Waals surface area contributed by atoms with Gasteiger partial charge in [-0.2, -0.15) is 0 Å². The van der Waals surface area contributed by atoms with Crippen LogP contribution in [0.4, 0.5) is 0 Å². The fourth-order valence-corrected chi connectivity index (χ4v) is 4.58. The summed E-state index contributed by atoms with van der Waals surface area (Å²) in [6, 6.07) is 1.45. The van der Waals surface area contributed by atoms with E-state index in [9.17, 15) is 0 Å². The van der Waals surface area contributed by atoms with Gasteiger partial charge in [0.05, 0.1) is 6.10 Å². The van der Waals surface area contributed by atoms with Crippen molar-refractivity contribution in [1.82, 2.24) is 10.2 Å². The van der Waals surface area contributed by atoms with Gasteiger partial charge < -0.3 is 10.1 Å². The molecule has 122 valence electrons. The molecule has 3 nitrogen and oxygen atoms in total. The maximum Gasteiger partial charge on any atom is 0.0702 e. The number of nitrogens with one attached hydrogen (secondary N) is 1. The molecule has 3 rings (SSSR count). The summed E-state index contributed by atoms with van der Waals surface area (Å²) in [6.45, 7) is 6.92. The molecule has 3 heteroatoms. The Morgan fingerprint density at radius 2 is 1.86 bits per heavy atom. The summed E-state index contributed by atoms with van der Waals surface area (Å²) in [7, 11) is 0. The molecule has 1 aliphatic carbocycles. The Balaban J connectivity index is 1.61. The number of piperazine rings is 1. The first-order valence-corrected chi connectivity index (χ1v) is 9.46. The average Bonchev–Trinajstić information content (AvgIpc) is 2.56. The van der Waals surface area contributed by atoms with Gasteiger partial charge in [-0.3, -0.25) is 4.90 Å². The van der Waals surface area contributed by atoms with Gasteiger partial charge in [0.1, 0.15) is 0 Å². The highest BCUT2D eigenvalue weighted by Crippen LogP contribution is 2.31. The van der Waals surface area contributed by atoms with Crippen LogP contribution in [0.15, 0.2) is 0 Å². The number of nitrogens with zero attached hydrogens (tertiary/aromatic N) is 1. The first kappa shape index (κ1) is 15.8. The lowest BCUT2D eigenvalue weighted by molar-refractivity contribution is -0.0316. The number of ether oxygens (including phenoxy) is 1. The van der Waals surface area contributed by atoms with Gasteiger partial charge in [0.2, 0.25) is 0 Å². The van der Waals surface area contributed by atoms with E-state index in [4.69, 9.17) is 4.74 Å². The molecule has 3 aliphatic rings. The van der Waals surface area contributed by atoms with Gasteiger partial charge in [-0.05, 0) is 44.4 Å². The van der Waals surface area contributed by atoms with Crippen LogP contribution < -0.4 is 5.32 Å². The molecular weight excluding hydrogens is 260 g/mol. The maximum absolute atomic E-state index is 6.02. The summed E-state index contributed by atoms with van der Waals surface area (Å²) in [5, 5.41) is 3.80. The van der Waals surface area contributed by atoms with E-state index in [-0.39, 0.29) is 0 Å². The monoisotopic (exact) mass is 294 g/mol. The van der Waals surface area contributed by atoms with Crippen LogP contribution in [0, 0.1) is 5.92 Å². The van der Waals surface area contributed by atoms with Gasteiger partial charge >= 0.3 is 0 Å². The molecule has 1 N–H and O–H groups in total. The second-order valence-corrected chi connectivity index (χ2v) is 7.42. The number of hydrogen-bond acceptors (Lipinski definition) is 3. The van der Waals surface area contributed by atoms with Crippen LogP contribution in [0.1, 0.15) is 64.7 Å². The van der Waals surface area contributed by atoms with Crippen molar-refractivity contribution in [3.63, 3.8) is 0 Å². The SMILES string of the molecule is CCC1CN(CC2CCCCO2)C(C2CCCCC2)CN1. The maximum atomic E-state index is 6.02. The zero-order chi connectivity index (χ0) is 14.5. The topological polar surface area (TPSA) is 24.5 Å². The molecule has 0 bridgehead atoms. The molecule has 1 saturated carbocycles. The van der Waals surface area contributed by atoms with Crippen molar-refractivity contribution in [2.45, 2.75) is 82.9 Å². The van der Waals surface area contributed by atoms with Gasteiger partial charge in [0.25, 0.3) is 0 Å². The third-order valence-electron chi connectivity index (χ3n) is 5.94. The third kappa shape index (κ3) is 4.20. The lowest BCUT2D eigenvalue weighted by atomic mass is 9.82. The van der Waals surface area contributed by atoms with E-state index in [0.29, 0.717) is 12.1 Å². The summed E-state index contributed by atoms with van der Waals surface area (Å²) in [6.07, 6.45) is 12.9. The van der Waals surface area contributed by atoms with E-state index < -0.39 is 0 Å². The van der Waals surface area contributed by atoms with Crippen LogP contribution in [-0.4, -0.2) is 49.3 Å². The summed E-state index contributed by atoms with van der Waals surface area (Å²) in [4.78, 5) is 2.80. The Hall–Kier alpha value is -0.120. The molecule has 21 heavy (non-hydrogen) atoms. The van der Waals surface area contributed by atoms with Crippen LogP contribution in [-0.2, 0) is 4.74 Å². The Labute approximate surface area is 130 Å². The Kier molecular flexibility index (Phi) is 5.96. The van der Waals surface area contributed by atoms with Crippen LogP contribution in [0.25, 0.3) is 0 Å². The third-order valence-corrected chi connectivity index (χ3v) is 5.94. The van der Waals surface area contributed by atoms with E-state index >= 15 is 0 Å². The first-order valence-electron chi connectivity index (χ1n) is 9.46. The minimum absolute atomic E-state index is 0.500. The molecule has 2 aliphatic heterocycles. The largest absolute Gasteiger partial charge is 0.377 e. The molecule has 0 aromatic carbocycles. The molecule has 3 unspecified atom stereocenters. The molecule has 0 amide bonds. The van der Waals surface area contributed by atoms with Crippen molar-refractivity contribution in [2.24, 2.45) is 5.92 Å². The Bertz CT molecular complexity index is 298. The quantitative estimate of drug-likeness (QED) is 0.862. The van der Waals surface area contributed by atoms with Crippen molar-refractivity contribution in [2.75, 3.05) is 26.2 Å². The van der Waals surface area contributed by atoms with Crippen molar-refractivity contribution in [3.05, 3.63) is 0 Å². The summed E-state index contributed by atoms with van der Waals surface area (Å²) >= 11 is 0. The molecule has 2 saturated heterocycles. The molecule has 0 aromatic rings. The fraction of sp³-hybridized carbons (Fsp3) is 1.00. The highest BCUT2D eigenvalue weighted by atomic mass is 16.5. The lowest BCUT2D eigenvalue weighted by Gasteiger charge is -2.46. The summed E-state index contributed by atoms with van der Waals surface area (Å²) in [5.74, 6) is 0.924. The van der Waals surface area contributed by atoms with Gasteiger partial charge in [-0.25, -0.2) is 0 Å². The highest BCUT2D eigenvalue weighted by Gasteiger charge is 2.34. The second-order valence-electron chi connectivity index (χ2n) is 7.42. The minimum Gasteiger partial charge on any atom is -0.377 e. The van der Waals surface area contributed by atoms with Crippen LogP contribution in [0.3, 0.4) is 0 Å². The zero-order valence-electron chi connectivity index (χ0n) is 13.9. The van der Waals surface area contributed by atoms with E-state index in [2.05, 4.69) is 17.1 Å². The van der Waals surface area contributed by atoms with Gasteiger partial charge in [0, 0.05) is 38.3 Å². The van der Waals surface area contributed by atoms with E-state index in [1.807, 2.05) is 0 Å². The van der Waals surface area contributed by atoms with Crippen LogP contribution in [0.2, 0.25) is 0 Å². The van der Waals surface area contributed by atoms with Crippen LogP contribution in [0.5, 0.6) is 0 Å². The van der Waals surface area contributed by atoms with E-state index in [1.165, 1.54) is 77.4 Å². The van der Waals surface area contributed by atoms with Crippen LogP contribution >= 0.6 is 0 Å². The Morgan fingerprint density at radius 3 is 2.57 bits per heavy atom. The fourth-order valence-electron chi connectivity index (χ4n) is 4.58. The molecule has 2 heterocycles. The lowest BCUT2D eigenvalue weighted by Crippen LogP contribution is -2.60. The molecular formula is C18H34N2O. The standard InChI is InChI=1S/C18H34N2O/c1-2-16-13-20(14-17-10-6-7-11-21-17)18(12-19-16)15-8-4-3-5-9-15/h15-19H,2-14H2,1H3. The van der Waals surface area contributed by atoms with Gasteiger partial charge in [0.15, 0.2) is 0 Å². The Morgan fingerprint density at radius 1 is 1.05 bits per heavy atom. The predicted octanol–water partition coefficient (Wildman–Crippen LogP) is 3.19. The summed E-state index contributed by atoms with van der Waals surface area (Å²) < 4.78 is 6.02.